The van der Waals surface area contributed by atoms with Gasteiger partial charge in [0.15, 0.2) is 0 Å². The first kappa shape index (κ1) is 15.8. The largest absolute Gasteiger partial charge is 0.373 e. The first-order valence-electron chi connectivity index (χ1n) is 7.71. The Labute approximate surface area is 128 Å². The number of nitriles is 1. The van der Waals surface area contributed by atoms with E-state index < -0.39 is 0 Å². The highest BCUT2D eigenvalue weighted by atomic mass is 15.1. The monoisotopic (exact) mass is 286 g/mol. The van der Waals surface area contributed by atoms with Crippen LogP contribution >= 0.6 is 0 Å². The van der Waals surface area contributed by atoms with E-state index in [0.29, 0.717) is 0 Å². The summed E-state index contributed by atoms with van der Waals surface area (Å²) in [6.07, 6.45) is 2.50. The van der Waals surface area contributed by atoms with E-state index in [2.05, 4.69) is 47.4 Å². The van der Waals surface area contributed by atoms with Crippen molar-refractivity contribution in [1.29, 1.82) is 5.26 Å². The van der Waals surface area contributed by atoms with Gasteiger partial charge in [0.2, 0.25) is 0 Å². The van der Waals surface area contributed by atoms with E-state index in [1.807, 2.05) is 13.1 Å². The molecule has 114 valence electrons. The number of likely N-dealkylation sites (tertiary alicyclic amines) is 1. The van der Waals surface area contributed by atoms with Crippen molar-refractivity contribution in [2.75, 3.05) is 45.7 Å². The fourth-order valence-corrected chi connectivity index (χ4v) is 3.05. The minimum atomic E-state index is 0.731. The van der Waals surface area contributed by atoms with E-state index in [4.69, 9.17) is 0 Å². The standard InChI is InChI=1S/C17H26N4/c1-19-12-15-4-5-17(16(10-15)11-18)21(3)13-14-6-8-20(2)9-7-14/h4-5,10,14,19H,6-9,12-13H2,1-3H3. The lowest BCUT2D eigenvalue weighted by Gasteiger charge is -2.32. The Hall–Kier alpha value is -1.57. The molecule has 0 aromatic heterocycles. The molecule has 4 heteroatoms. The lowest BCUT2D eigenvalue weighted by atomic mass is 9.96. The summed E-state index contributed by atoms with van der Waals surface area (Å²) in [7, 11) is 6.21. The van der Waals surface area contributed by atoms with Crippen molar-refractivity contribution in [3.63, 3.8) is 0 Å². The molecule has 1 aromatic carbocycles. The van der Waals surface area contributed by atoms with Gasteiger partial charge in [-0.25, -0.2) is 0 Å². The second-order valence-electron chi connectivity index (χ2n) is 6.12. The third-order valence-corrected chi connectivity index (χ3v) is 4.34. The minimum absolute atomic E-state index is 0.731. The number of anilines is 1. The number of rotatable bonds is 5. The van der Waals surface area contributed by atoms with Crippen LogP contribution in [0.15, 0.2) is 18.2 Å². The van der Waals surface area contributed by atoms with Gasteiger partial charge in [-0.05, 0) is 63.6 Å². The van der Waals surface area contributed by atoms with Crippen LogP contribution in [0.25, 0.3) is 0 Å². The minimum Gasteiger partial charge on any atom is -0.373 e. The molecule has 21 heavy (non-hydrogen) atoms. The molecule has 1 N–H and O–H groups in total. The molecule has 0 amide bonds. The zero-order chi connectivity index (χ0) is 15.2. The molecular formula is C17H26N4. The predicted molar refractivity (Wildman–Crippen MR) is 87.4 cm³/mol. The van der Waals surface area contributed by atoms with Crippen molar-refractivity contribution in [3.8, 4) is 6.07 Å². The van der Waals surface area contributed by atoms with Crippen molar-refractivity contribution in [2.24, 2.45) is 5.92 Å². The van der Waals surface area contributed by atoms with Gasteiger partial charge in [0.1, 0.15) is 6.07 Å². The summed E-state index contributed by atoms with van der Waals surface area (Å²) in [6, 6.07) is 8.53. The average Bonchev–Trinajstić information content (AvgIpc) is 2.49. The van der Waals surface area contributed by atoms with Gasteiger partial charge in [-0.15, -0.1) is 0 Å². The SMILES string of the molecule is CNCc1ccc(N(C)CC2CCN(C)CC2)c(C#N)c1. The predicted octanol–water partition coefficient (Wildman–Crippen LogP) is 2.06. The topological polar surface area (TPSA) is 42.3 Å². The Morgan fingerprint density at radius 2 is 2.10 bits per heavy atom. The van der Waals surface area contributed by atoms with Gasteiger partial charge >= 0.3 is 0 Å². The zero-order valence-corrected chi connectivity index (χ0v) is 13.4. The molecule has 0 spiro atoms. The molecule has 0 atom stereocenters. The van der Waals surface area contributed by atoms with E-state index in [1.165, 1.54) is 25.9 Å². The fraction of sp³-hybridized carbons (Fsp3) is 0.588. The maximum atomic E-state index is 9.40. The van der Waals surface area contributed by atoms with E-state index in [9.17, 15) is 5.26 Å². The second-order valence-corrected chi connectivity index (χ2v) is 6.12. The van der Waals surface area contributed by atoms with Gasteiger partial charge in [-0.3, -0.25) is 0 Å². The maximum Gasteiger partial charge on any atom is 0.101 e. The van der Waals surface area contributed by atoms with Gasteiger partial charge in [-0.2, -0.15) is 5.26 Å². The van der Waals surface area contributed by atoms with Crippen molar-refractivity contribution in [2.45, 2.75) is 19.4 Å². The van der Waals surface area contributed by atoms with Crippen molar-refractivity contribution >= 4 is 5.69 Å². The van der Waals surface area contributed by atoms with Crippen LogP contribution in [-0.2, 0) is 6.54 Å². The molecule has 0 bridgehead atoms. The van der Waals surface area contributed by atoms with Crippen LogP contribution in [0.3, 0.4) is 0 Å². The summed E-state index contributed by atoms with van der Waals surface area (Å²) in [5.74, 6) is 0.731. The van der Waals surface area contributed by atoms with Crippen LogP contribution in [0, 0.1) is 17.2 Å². The van der Waals surface area contributed by atoms with Crippen molar-refractivity contribution in [3.05, 3.63) is 29.3 Å². The molecule has 1 heterocycles. The van der Waals surface area contributed by atoms with Crippen LogP contribution in [0.2, 0.25) is 0 Å². The molecule has 0 aliphatic carbocycles. The first-order chi connectivity index (χ1) is 10.1. The molecule has 0 saturated carbocycles. The summed E-state index contributed by atoms with van der Waals surface area (Å²) in [5, 5.41) is 12.5. The van der Waals surface area contributed by atoms with Gasteiger partial charge in [-0.1, -0.05) is 6.07 Å². The molecule has 2 rings (SSSR count). The van der Waals surface area contributed by atoms with Gasteiger partial charge < -0.3 is 15.1 Å². The molecule has 1 aliphatic heterocycles. The van der Waals surface area contributed by atoms with E-state index >= 15 is 0 Å². The highest BCUT2D eigenvalue weighted by Crippen LogP contribution is 2.24. The van der Waals surface area contributed by atoms with E-state index in [0.717, 1.165) is 35.8 Å². The Kier molecular flexibility index (Phi) is 5.60. The first-order valence-corrected chi connectivity index (χ1v) is 7.71. The van der Waals surface area contributed by atoms with Crippen molar-refractivity contribution < 1.29 is 0 Å². The van der Waals surface area contributed by atoms with Crippen LogP contribution in [0.4, 0.5) is 5.69 Å². The lowest BCUT2D eigenvalue weighted by Crippen LogP contribution is -2.35. The summed E-state index contributed by atoms with van der Waals surface area (Å²) in [4.78, 5) is 4.64. The number of piperidine rings is 1. The number of hydrogen-bond acceptors (Lipinski definition) is 4. The van der Waals surface area contributed by atoms with Crippen LogP contribution < -0.4 is 10.2 Å². The summed E-state index contributed by atoms with van der Waals surface area (Å²) < 4.78 is 0. The van der Waals surface area contributed by atoms with Crippen LogP contribution in [0.5, 0.6) is 0 Å². The van der Waals surface area contributed by atoms with Gasteiger partial charge in [0, 0.05) is 20.1 Å². The Morgan fingerprint density at radius 1 is 1.38 bits per heavy atom. The third-order valence-electron chi connectivity index (χ3n) is 4.34. The molecule has 1 saturated heterocycles. The molecule has 1 aliphatic rings. The number of benzene rings is 1. The number of nitrogens with zero attached hydrogens (tertiary/aromatic N) is 3. The Bertz CT molecular complexity index is 498. The number of hydrogen-bond donors (Lipinski definition) is 1. The molecule has 0 unspecified atom stereocenters. The summed E-state index contributed by atoms with van der Waals surface area (Å²) in [6.45, 7) is 4.21. The molecule has 4 nitrogen and oxygen atoms in total. The fourth-order valence-electron chi connectivity index (χ4n) is 3.05. The summed E-state index contributed by atoms with van der Waals surface area (Å²) in [5.41, 5.74) is 2.99. The highest BCUT2D eigenvalue weighted by molar-refractivity contribution is 5.60. The van der Waals surface area contributed by atoms with Gasteiger partial charge in [0.05, 0.1) is 11.3 Å². The van der Waals surface area contributed by atoms with Gasteiger partial charge in [0.25, 0.3) is 0 Å². The molecule has 1 fully saturated rings. The zero-order valence-electron chi connectivity index (χ0n) is 13.4. The van der Waals surface area contributed by atoms with E-state index in [-0.39, 0.29) is 0 Å². The second kappa shape index (κ2) is 7.44. The van der Waals surface area contributed by atoms with Crippen LogP contribution in [0.1, 0.15) is 24.0 Å². The number of nitrogens with one attached hydrogen (secondary N) is 1. The summed E-state index contributed by atoms with van der Waals surface area (Å²) >= 11 is 0. The Morgan fingerprint density at radius 3 is 2.71 bits per heavy atom. The van der Waals surface area contributed by atoms with E-state index in [1.54, 1.807) is 0 Å². The molecule has 0 radical (unpaired) electrons. The van der Waals surface area contributed by atoms with Crippen LogP contribution in [-0.4, -0.2) is 45.7 Å². The molecular weight excluding hydrogens is 260 g/mol. The molecule has 1 aromatic rings. The lowest BCUT2D eigenvalue weighted by molar-refractivity contribution is 0.222. The average molecular weight is 286 g/mol. The van der Waals surface area contributed by atoms with Crippen molar-refractivity contribution in [1.82, 2.24) is 10.2 Å². The quantitative estimate of drug-likeness (QED) is 0.899. The Balaban J connectivity index is 2.04. The highest BCUT2D eigenvalue weighted by Gasteiger charge is 2.19. The smallest absolute Gasteiger partial charge is 0.101 e. The normalized spacial score (nSPS) is 16.7. The maximum absolute atomic E-state index is 9.40. The third kappa shape index (κ3) is 4.20.